The summed E-state index contributed by atoms with van der Waals surface area (Å²) in [5.41, 5.74) is 0. The lowest BCUT2D eigenvalue weighted by atomic mass is 9.99. The molecule has 1 aliphatic heterocycles. The molecule has 0 unspecified atom stereocenters. The highest BCUT2D eigenvalue weighted by molar-refractivity contribution is 8.02. The number of hydrogen-bond acceptors (Lipinski definition) is 5. The van der Waals surface area contributed by atoms with Gasteiger partial charge >= 0.3 is 6.09 Å². The first-order valence-corrected chi connectivity index (χ1v) is 8.86. The van der Waals surface area contributed by atoms with Crippen LogP contribution in [0.2, 0.25) is 0 Å². The number of rotatable bonds is 6. The van der Waals surface area contributed by atoms with Crippen LogP contribution < -0.4 is 0 Å². The second-order valence-electron chi connectivity index (χ2n) is 6.14. The second-order valence-corrected chi connectivity index (χ2v) is 7.11. The number of hydrogen-bond donors (Lipinski definition) is 1. The maximum atomic E-state index is 12.6. The van der Waals surface area contributed by atoms with Gasteiger partial charge in [-0.15, -0.1) is 0 Å². The third kappa shape index (κ3) is 4.39. The number of imide groups is 1. The summed E-state index contributed by atoms with van der Waals surface area (Å²) in [5, 5.41) is 12.0. The summed E-state index contributed by atoms with van der Waals surface area (Å²) in [7, 11) is 0. The number of cyclic esters (lactones) is 1. The van der Waals surface area contributed by atoms with Gasteiger partial charge in [-0.25, -0.2) is 9.69 Å². The molecule has 0 spiro atoms. The van der Waals surface area contributed by atoms with Crippen molar-refractivity contribution in [2.45, 2.75) is 37.8 Å². The van der Waals surface area contributed by atoms with Gasteiger partial charge in [-0.1, -0.05) is 50.7 Å². The zero-order valence-electron chi connectivity index (χ0n) is 14.1. The van der Waals surface area contributed by atoms with E-state index >= 15 is 0 Å². The first kappa shape index (κ1) is 18.5. The molecule has 0 radical (unpaired) electrons. The third-order valence-corrected chi connectivity index (χ3v) is 4.88. The van der Waals surface area contributed by atoms with Crippen LogP contribution in [0.5, 0.6) is 0 Å². The van der Waals surface area contributed by atoms with Crippen molar-refractivity contribution in [3.8, 4) is 0 Å². The molecule has 0 aliphatic carbocycles. The lowest BCUT2D eigenvalue weighted by Crippen LogP contribution is -2.46. The summed E-state index contributed by atoms with van der Waals surface area (Å²) >= 11 is 1.46. The summed E-state index contributed by atoms with van der Waals surface area (Å²) in [5.74, 6) is -1.02. The van der Waals surface area contributed by atoms with E-state index in [9.17, 15) is 14.7 Å². The third-order valence-electron chi connectivity index (χ3n) is 4.04. The van der Waals surface area contributed by atoms with Crippen LogP contribution in [0, 0.1) is 11.8 Å². The number of aliphatic hydroxyl groups is 1. The molecule has 6 heteroatoms. The molecular formula is C18H23NO4S. The zero-order valence-corrected chi connectivity index (χ0v) is 14.9. The first-order valence-electron chi connectivity index (χ1n) is 7.98. The highest BCUT2D eigenvalue weighted by Crippen LogP contribution is 2.24. The van der Waals surface area contributed by atoms with Gasteiger partial charge in [0.1, 0.15) is 6.61 Å². The first-order chi connectivity index (χ1) is 11.4. The Bertz CT molecular complexity index is 602. The minimum Gasteiger partial charge on any atom is -0.447 e. The quantitative estimate of drug-likeness (QED) is 0.798. The van der Waals surface area contributed by atoms with E-state index in [-0.39, 0.29) is 18.6 Å². The fourth-order valence-corrected chi connectivity index (χ4v) is 3.12. The predicted molar refractivity (Wildman–Crippen MR) is 93.4 cm³/mol. The topological polar surface area (TPSA) is 66.8 Å². The molecule has 1 fully saturated rings. The molecule has 0 saturated carbocycles. The van der Waals surface area contributed by atoms with E-state index in [0.717, 1.165) is 9.80 Å². The predicted octanol–water partition coefficient (Wildman–Crippen LogP) is 3.29. The molecule has 24 heavy (non-hydrogen) atoms. The molecule has 5 nitrogen and oxygen atoms in total. The molecule has 1 aromatic rings. The van der Waals surface area contributed by atoms with E-state index in [4.69, 9.17) is 4.74 Å². The second kappa shape index (κ2) is 8.35. The zero-order chi connectivity index (χ0) is 17.7. The molecule has 1 heterocycles. The Morgan fingerprint density at radius 2 is 2.00 bits per heavy atom. The number of carbonyl (C=O) groups is 2. The van der Waals surface area contributed by atoms with E-state index in [1.165, 1.54) is 11.8 Å². The molecule has 1 aliphatic rings. The van der Waals surface area contributed by atoms with Crippen LogP contribution in [0.25, 0.3) is 0 Å². The van der Waals surface area contributed by atoms with Crippen molar-refractivity contribution in [2.75, 3.05) is 6.61 Å². The van der Waals surface area contributed by atoms with Crippen LogP contribution in [-0.4, -0.2) is 40.8 Å². The summed E-state index contributed by atoms with van der Waals surface area (Å²) in [6.07, 6.45) is -0.0123. The SMILES string of the molecule is CC(C)[C@H]1COC(=O)N1C(=O)[C@@H](C)[C@@H](O)/C=C/Sc1ccccc1. The minimum absolute atomic E-state index is 0.105. The van der Waals surface area contributed by atoms with E-state index in [1.807, 2.05) is 44.2 Å². The van der Waals surface area contributed by atoms with Crippen LogP contribution in [0.4, 0.5) is 4.79 Å². The molecule has 2 amide bonds. The van der Waals surface area contributed by atoms with Gasteiger partial charge in [-0.05, 0) is 29.5 Å². The largest absolute Gasteiger partial charge is 0.447 e. The van der Waals surface area contributed by atoms with Crippen molar-refractivity contribution >= 4 is 23.8 Å². The van der Waals surface area contributed by atoms with Gasteiger partial charge in [0.05, 0.1) is 18.1 Å². The number of amides is 2. The summed E-state index contributed by atoms with van der Waals surface area (Å²) in [6.45, 7) is 5.70. The monoisotopic (exact) mass is 349 g/mol. The van der Waals surface area contributed by atoms with Crippen molar-refractivity contribution < 1.29 is 19.4 Å². The standard InChI is InChI=1S/C18H23NO4S/c1-12(2)15-11-23-18(22)19(15)17(21)13(3)16(20)9-10-24-14-7-5-4-6-8-14/h4-10,12-13,15-16,20H,11H2,1-3H3/b10-9+/t13-,15+,16-/m0/s1. The maximum absolute atomic E-state index is 12.6. The van der Waals surface area contributed by atoms with Gasteiger partial charge in [0.25, 0.3) is 0 Å². The maximum Gasteiger partial charge on any atom is 0.416 e. The summed E-state index contributed by atoms with van der Waals surface area (Å²) in [4.78, 5) is 26.6. The number of benzene rings is 1. The van der Waals surface area contributed by atoms with Gasteiger partial charge in [-0.2, -0.15) is 0 Å². The molecule has 1 aromatic carbocycles. The highest BCUT2D eigenvalue weighted by Gasteiger charge is 2.42. The Kier molecular flexibility index (Phi) is 6.45. The smallest absolute Gasteiger partial charge is 0.416 e. The van der Waals surface area contributed by atoms with Crippen LogP contribution >= 0.6 is 11.8 Å². The number of nitrogens with zero attached hydrogens (tertiary/aromatic N) is 1. The molecule has 130 valence electrons. The lowest BCUT2D eigenvalue weighted by molar-refractivity contribution is -0.136. The fraction of sp³-hybridized carbons (Fsp3) is 0.444. The Hall–Kier alpha value is -1.79. The van der Waals surface area contributed by atoms with Crippen LogP contribution in [-0.2, 0) is 9.53 Å². The molecular weight excluding hydrogens is 326 g/mol. The van der Waals surface area contributed by atoms with E-state index in [1.54, 1.807) is 18.4 Å². The average Bonchev–Trinajstić information content (AvgIpc) is 2.96. The van der Waals surface area contributed by atoms with Gasteiger partial charge in [0.2, 0.25) is 5.91 Å². The number of thioether (sulfide) groups is 1. The Labute approximate surface area is 146 Å². The highest BCUT2D eigenvalue weighted by atomic mass is 32.2. The van der Waals surface area contributed by atoms with Crippen molar-refractivity contribution in [2.24, 2.45) is 11.8 Å². The van der Waals surface area contributed by atoms with E-state index in [2.05, 4.69) is 0 Å². The molecule has 1 N–H and O–H groups in total. The molecule has 3 atom stereocenters. The van der Waals surface area contributed by atoms with Crippen molar-refractivity contribution in [1.82, 2.24) is 4.90 Å². The number of aliphatic hydroxyl groups excluding tert-OH is 1. The summed E-state index contributed by atoms with van der Waals surface area (Å²) < 4.78 is 4.99. The van der Waals surface area contributed by atoms with Crippen molar-refractivity contribution in [3.05, 3.63) is 41.8 Å². The normalized spacial score (nSPS) is 20.5. The lowest BCUT2D eigenvalue weighted by Gasteiger charge is -2.26. The Morgan fingerprint density at radius 1 is 1.33 bits per heavy atom. The molecule has 2 rings (SSSR count). The Morgan fingerprint density at radius 3 is 2.62 bits per heavy atom. The minimum atomic E-state index is -0.963. The van der Waals surface area contributed by atoms with E-state index < -0.39 is 24.0 Å². The van der Waals surface area contributed by atoms with Gasteiger partial charge in [-0.3, -0.25) is 4.79 Å². The van der Waals surface area contributed by atoms with Crippen molar-refractivity contribution in [1.29, 1.82) is 0 Å². The van der Waals surface area contributed by atoms with Crippen molar-refractivity contribution in [3.63, 3.8) is 0 Å². The van der Waals surface area contributed by atoms with Gasteiger partial charge in [0, 0.05) is 4.90 Å². The number of ether oxygens (including phenoxy) is 1. The molecule has 1 saturated heterocycles. The average molecular weight is 349 g/mol. The van der Waals surface area contributed by atoms with Gasteiger partial charge < -0.3 is 9.84 Å². The number of carbonyl (C=O) groups excluding carboxylic acids is 2. The fourth-order valence-electron chi connectivity index (χ4n) is 2.41. The molecule has 0 aromatic heterocycles. The van der Waals surface area contributed by atoms with Gasteiger partial charge in [0.15, 0.2) is 0 Å². The van der Waals surface area contributed by atoms with Crippen LogP contribution in [0.15, 0.2) is 46.7 Å². The van der Waals surface area contributed by atoms with Crippen LogP contribution in [0.3, 0.4) is 0 Å². The molecule has 0 bridgehead atoms. The summed E-state index contributed by atoms with van der Waals surface area (Å²) in [6, 6.07) is 9.45. The Balaban J connectivity index is 1.97. The van der Waals surface area contributed by atoms with E-state index in [0.29, 0.717) is 0 Å². The van der Waals surface area contributed by atoms with Crippen LogP contribution in [0.1, 0.15) is 20.8 Å².